The highest BCUT2D eigenvalue weighted by Gasteiger charge is 2.03. The summed E-state index contributed by atoms with van der Waals surface area (Å²) in [6.45, 7) is 3.91. The number of hydrogen-bond acceptors (Lipinski definition) is 2. The molecular weight excluding hydrogens is 238 g/mol. The van der Waals surface area contributed by atoms with Crippen molar-refractivity contribution in [3.63, 3.8) is 0 Å². The van der Waals surface area contributed by atoms with Crippen LogP contribution in [0, 0.1) is 0 Å². The minimum Gasteiger partial charge on any atom is -0.379 e. The summed E-state index contributed by atoms with van der Waals surface area (Å²) in [5.41, 5.74) is 7.92. The molecule has 100 valence electrons. The van der Waals surface area contributed by atoms with Crippen LogP contribution in [-0.2, 0) is 13.1 Å². The molecule has 0 fully saturated rings. The van der Waals surface area contributed by atoms with Gasteiger partial charge in [-0.3, -0.25) is 4.79 Å². The van der Waals surface area contributed by atoms with Gasteiger partial charge < -0.3 is 15.6 Å². The van der Waals surface area contributed by atoms with Crippen molar-refractivity contribution in [2.75, 3.05) is 5.32 Å². The number of primary amides is 1. The van der Waals surface area contributed by atoms with Gasteiger partial charge in [-0.05, 0) is 36.8 Å². The zero-order chi connectivity index (χ0) is 13.7. The second kappa shape index (κ2) is 6.09. The van der Waals surface area contributed by atoms with E-state index in [1.807, 2.05) is 18.2 Å². The number of rotatable bonds is 6. The fraction of sp³-hybridized carbons (Fsp3) is 0.267. The summed E-state index contributed by atoms with van der Waals surface area (Å²) < 4.78 is 2.23. The molecule has 0 radical (unpaired) electrons. The van der Waals surface area contributed by atoms with Gasteiger partial charge in [-0.15, -0.1) is 0 Å². The van der Waals surface area contributed by atoms with Crippen LogP contribution in [0.3, 0.4) is 0 Å². The molecule has 0 atom stereocenters. The van der Waals surface area contributed by atoms with Gasteiger partial charge in [0.1, 0.15) is 0 Å². The van der Waals surface area contributed by atoms with Gasteiger partial charge in [-0.2, -0.15) is 0 Å². The lowest BCUT2D eigenvalue weighted by Gasteiger charge is -2.10. The number of nitrogens with one attached hydrogen (secondary N) is 1. The van der Waals surface area contributed by atoms with Crippen LogP contribution in [0.25, 0.3) is 0 Å². The van der Waals surface area contributed by atoms with Gasteiger partial charge in [-0.1, -0.05) is 13.0 Å². The van der Waals surface area contributed by atoms with Crippen LogP contribution >= 0.6 is 0 Å². The Morgan fingerprint density at radius 1 is 1.32 bits per heavy atom. The fourth-order valence-corrected chi connectivity index (χ4v) is 2.04. The molecule has 1 amide bonds. The number of carbonyl (C=O) groups is 1. The summed E-state index contributed by atoms with van der Waals surface area (Å²) in [5, 5.41) is 3.31. The first-order chi connectivity index (χ1) is 9.20. The molecule has 2 rings (SSSR count). The molecule has 4 heteroatoms. The highest BCUT2D eigenvalue weighted by Crippen LogP contribution is 2.12. The number of aryl methyl sites for hydroxylation is 1. The van der Waals surface area contributed by atoms with Crippen molar-refractivity contribution in [1.29, 1.82) is 0 Å². The van der Waals surface area contributed by atoms with E-state index in [-0.39, 0.29) is 0 Å². The van der Waals surface area contributed by atoms with Crippen molar-refractivity contribution in [2.45, 2.75) is 26.4 Å². The fourth-order valence-electron chi connectivity index (χ4n) is 2.04. The summed E-state index contributed by atoms with van der Waals surface area (Å²) in [4.78, 5) is 11.1. The average Bonchev–Trinajstić information content (AvgIpc) is 2.85. The number of nitrogens with two attached hydrogens (primary N) is 1. The lowest BCUT2D eigenvalue weighted by Crippen LogP contribution is -2.11. The monoisotopic (exact) mass is 257 g/mol. The maximum absolute atomic E-state index is 11.1. The van der Waals surface area contributed by atoms with E-state index in [2.05, 4.69) is 29.1 Å². The molecule has 1 heterocycles. The lowest BCUT2D eigenvalue weighted by atomic mass is 10.2. The number of aromatic nitrogens is 1. The topological polar surface area (TPSA) is 60.1 Å². The third-order valence-electron chi connectivity index (χ3n) is 3.01. The second-order valence-electron chi connectivity index (χ2n) is 4.49. The standard InChI is InChI=1S/C15H19N3O/c1-2-8-18-9-4-7-14(18)11-17-13-6-3-5-12(10-13)15(16)19/h3-7,9-10,17H,2,8,11H2,1H3,(H2,16,19). The second-order valence-corrected chi connectivity index (χ2v) is 4.49. The van der Waals surface area contributed by atoms with Crippen molar-refractivity contribution in [2.24, 2.45) is 5.73 Å². The van der Waals surface area contributed by atoms with E-state index < -0.39 is 5.91 Å². The van der Waals surface area contributed by atoms with Crippen LogP contribution in [0.5, 0.6) is 0 Å². The molecule has 0 unspecified atom stereocenters. The van der Waals surface area contributed by atoms with Gasteiger partial charge in [0.2, 0.25) is 5.91 Å². The Labute approximate surface area is 113 Å². The van der Waals surface area contributed by atoms with Crippen LogP contribution in [0.4, 0.5) is 5.69 Å². The van der Waals surface area contributed by atoms with E-state index in [1.165, 1.54) is 5.69 Å². The third-order valence-corrected chi connectivity index (χ3v) is 3.01. The SMILES string of the molecule is CCCn1cccc1CNc1cccc(C(N)=O)c1. The molecule has 1 aromatic heterocycles. The van der Waals surface area contributed by atoms with Gasteiger partial charge in [0, 0.05) is 29.7 Å². The Kier molecular flexibility index (Phi) is 4.23. The van der Waals surface area contributed by atoms with Crippen LogP contribution in [0.2, 0.25) is 0 Å². The number of hydrogen-bond donors (Lipinski definition) is 2. The van der Waals surface area contributed by atoms with E-state index in [0.29, 0.717) is 5.56 Å². The normalized spacial score (nSPS) is 10.4. The molecule has 1 aromatic carbocycles. The number of anilines is 1. The lowest BCUT2D eigenvalue weighted by molar-refractivity contribution is 0.100. The zero-order valence-corrected chi connectivity index (χ0v) is 11.1. The van der Waals surface area contributed by atoms with Gasteiger partial charge in [-0.25, -0.2) is 0 Å². The predicted octanol–water partition coefficient (Wildman–Crippen LogP) is 2.61. The first kappa shape index (κ1) is 13.2. The number of nitrogens with zero attached hydrogens (tertiary/aromatic N) is 1. The van der Waals surface area contributed by atoms with Crippen molar-refractivity contribution in [3.8, 4) is 0 Å². The van der Waals surface area contributed by atoms with Crippen molar-refractivity contribution < 1.29 is 4.79 Å². The largest absolute Gasteiger partial charge is 0.379 e. The molecular formula is C15H19N3O. The van der Waals surface area contributed by atoms with E-state index in [9.17, 15) is 4.79 Å². The van der Waals surface area contributed by atoms with E-state index in [4.69, 9.17) is 5.73 Å². The van der Waals surface area contributed by atoms with Crippen LogP contribution < -0.4 is 11.1 Å². The quantitative estimate of drug-likeness (QED) is 0.835. The first-order valence-electron chi connectivity index (χ1n) is 6.48. The minimum atomic E-state index is -0.405. The Morgan fingerprint density at radius 2 is 2.16 bits per heavy atom. The molecule has 0 aliphatic heterocycles. The number of amides is 1. The maximum atomic E-state index is 11.1. The predicted molar refractivity (Wildman–Crippen MR) is 77.0 cm³/mol. The molecule has 2 aromatic rings. The summed E-state index contributed by atoms with van der Waals surface area (Å²) in [7, 11) is 0. The first-order valence-corrected chi connectivity index (χ1v) is 6.48. The molecule has 0 saturated carbocycles. The molecule has 0 aliphatic carbocycles. The summed E-state index contributed by atoms with van der Waals surface area (Å²) in [6.07, 6.45) is 3.19. The molecule has 4 nitrogen and oxygen atoms in total. The Hall–Kier alpha value is -2.23. The number of benzene rings is 1. The summed E-state index contributed by atoms with van der Waals surface area (Å²) in [5.74, 6) is -0.405. The van der Waals surface area contributed by atoms with Crippen LogP contribution in [0.15, 0.2) is 42.6 Å². The average molecular weight is 257 g/mol. The van der Waals surface area contributed by atoms with Gasteiger partial charge in [0.05, 0.1) is 6.54 Å². The van der Waals surface area contributed by atoms with Gasteiger partial charge in [0.25, 0.3) is 0 Å². The molecule has 0 spiro atoms. The molecule has 0 aliphatic rings. The maximum Gasteiger partial charge on any atom is 0.248 e. The van der Waals surface area contributed by atoms with Crippen molar-refractivity contribution in [3.05, 3.63) is 53.9 Å². The molecule has 0 saturated heterocycles. The Balaban J connectivity index is 2.04. The smallest absolute Gasteiger partial charge is 0.248 e. The minimum absolute atomic E-state index is 0.405. The highest BCUT2D eigenvalue weighted by atomic mass is 16.1. The molecule has 0 bridgehead atoms. The van der Waals surface area contributed by atoms with Crippen molar-refractivity contribution >= 4 is 11.6 Å². The van der Waals surface area contributed by atoms with E-state index in [0.717, 1.165) is 25.2 Å². The summed E-state index contributed by atoms with van der Waals surface area (Å²) in [6, 6.07) is 11.4. The van der Waals surface area contributed by atoms with Crippen molar-refractivity contribution in [1.82, 2.24) is 4.57 Å². The highest BCUT2D eigenvalue weighted by molar-refractivity contribution is 5.93. The van der Waals surface area contributed by atoms with Gasteiger partial charge in [0.15, 0.2) is 0 Å². The van der Waals surface area contributed by atoms with Crippen LogP contribution in [0.1, 0.15) is 29.4 Å². The Morgan fingerprint density at radius 3 is 2.89 bits per heavy atom. The van der Waals surface area contributed by atoms with Crippen LogP contribution in [-0.4, -0.2) is 10.5 Å². The Bertz CT molecular complexity index is 560. The molecule has 3 N–H and O–H groups in total. The number of carbonyl (C=O) groups excluding carboxylic acids is 1. The third kappa shape index (κ3) is 3.37. The summed E-state index contributed by atoms with van der Waals surface area (Å²) >= 11 is 0. The van der Waals surface area contributed by atoms with Gasteiger partial charge >= 0.3 is 0 Å². The van der Waals surface area contributed by atoms with E-state index in [1.54, 1.807) is 12.1 Å². The molecule has 19 heavy (non-hydrogen) atoms. The zero-order valence-electron chi connectivity index (χ0n) is 11.1. The van der Waals surface area contributed by atoms with E-state index >= 15 is 0 Å².